The molecule has 0 bridgehead atoms. The molecule has 1 aliphatic carbocycles. The molecular formula is C17H16O6. The number of ketones is 1. The fourth-order valence-corrected chi connectivity index (χ4v) is 2.57. The van der Waals surface area contributed by atoms with Crippen LogP contribution in [0.2, 0.25) is 0 Å². The third-order valence-electron chi connectivity index (χ3n) is 3.85. The summed E-state index contributed by atoms with van der Waals surface area (Å²) >= 11 is 0. The van der Waals surface area contributed by atoms with Gasteiger partial charge < -0.3 is 25.2 Å². The van der Waals surface area contributed by atoms with Crippen molar-refractivity contribution in [2.75, 3.05) is 0 Å². The van der Waals surface area contributed by atoms with Gasteiger partial charge in [0.2, 0.25) is 5.78 Å². The molecule has 1 heterocycles. The van der Waals surface area contributed by atoms with Gasteiger partial charge >= 0.3 is 0 Å². The number of rotatable bonds is 0. The van der Waals surface area contributed by atoms with E-state index >= 15 is 0 Å². The van der Waals surface area contributed by atoms with Crippen molar-refractivity contribution in [3.8, 4) is 17.2 Å². The van der Waals surface area contributed by atoms with E-state index in [0.717, 1.165) is 6.07 Å². The minimum absolute atomic E-state index is 0.0389. The van der Waals surface area contributed by atoms with E-state index in [4.69, 9.17) is 4.74 Å². The van der Waals surface area contributed by atoms with Crippen LogP contribution in [-0.2, 0) is 0 Å². The molecule has 1 aromatic rings. The summed E-state index contributed by atoms with van der Waals surface area (Å²) in [5.41, 5.74) is -2.89. The predicted molar refractivity (Wildman–Crippen MR) is 81.3 cm³/mol. The van der Waals surface area contributed by atoms with Crippen LogP contribution in [0.4, 0.5) is 0 Å². The monoisotopic (exact) mass is 316 g/mol. The minimum Gasteiger partial charge on any atom is -0.508 e. The summed E-state index contributed by atoms with van der Waals surface area (Å²) in [6.07, 6.45) is 6.05. The highest BCUT2D eigenvalue weighted by Gasteiger charge is 2.46. The summed E-state index contributed by atoms with van der Waals surface area (Å²) in [4.78, 5) is 12.5. The van der Waals surface area contributed by atoms with Gasteiger partial charge in [0.1, 0.15) is 22.8 Å². The average molecular weight is 316 g/mol. The second-order valence-electron chi connectivity index (χ2n) is 6.02. The highest BCUT2D eigenvalue weighted by Crippen LogP contribution is 2.43. The van der Waals surface area contributed by atoms with Crippen molar-refractivity contribution in [1.29, 1.82) is 0 Å². The van der Waals surface area contributed by atoms with E-state index in [9.17, 15) is 25.2 Å². The number of Topliss-reactive ketones (excluding diaryl/α,β-unsaturated/α-hetero) is 1. The molecule has 120 valence electrons. The number of aromatic hydroxyl groups is 2. The molecule has 0 saturated carbocycles. The predicted octanol–water partition coefficient (Wildman–Crippen LogP) is 1.55. The van der Waals surface area contributed by atoms with Gasteiger partial charge in [0.05, 0.1) is 5.60 Å². The lowest BCUT2D eigenvalue weighted by molar-refractivity contribution is 0.0347. The van der Waals surface area contributed by atoms with Gasteiger partial charge in [-0.15, -0.1) is 0 Å². The van der Waals surface area contributed by atoms with Crippen LogP contribution in [0.1, 0.15) is 24.2 Å². The number of phenolic OH excluding ortho intramolecular Hbond substituents is 2. The van der Waals surface area contributed by atoms with Crippen molar-refractivity contribution < 1.29 is 30.0 Å². The first-order chi connectivity index (χ1) is 10.6. The molecule has 4 N–H and O–H groups in total. The number of phenols is 2. The Morgan fingerprint density at radius 2 is 1.65 bits per heavy atom. The van der Waals surface area contributed by atoms with Gasteiger partial charge in [-0.25, -0.2) is 0 Å². The molecule has 1 aliphatic heterocycles. The van der Waals surface area contributed by atoms with Gasteiger partial charge in [-0.3, -0.25) is 4.79 Å². The Labute approximate surface area is 132 Å². The van der Waals surface area contributed by atoms with E-state index in [1.165, 1.54) is 37.3 Å². The molecule has 0 aromatic heterocycles. The molecule has 0 amide bonds. The SMILES string of the molecule is CC1(O)C=CC(=C2Oc3cc(O)cc(O)c3C(=O)C2(C)O)C=C1. The average Bonchev–Trinajstić information content (AvgIpc) is 2.43. The van der Waals surface area contributed by atoms with E-state index in [0.29, 0.717) is 5.57 Å². The maximum absolute atomic E-state index is 12.5. The Morgan fingerprint density at radius 3 is 2.26 bits per heavy atom. The molecule has 1 unspecified atom stereocenters. The Hall–Kier alpha value is -2.57. The quantitative estimate of drug-likeness (QED) is 0.578. The zero-order chi connectivity index (χ0) is 17.0. The maximum Gasteiger partial charge on any atom is 0.209 e. The number of aliphatic hydroxyl groups is 2. The highest BCUT2D eigenvalue weighted by molar-refractivity contribution is 6.09. The lowest BCUT2D eigenvalue weighted by atomic mass is 9.85. The Bertz CT molecular complexity index is 778. The Morgan fingerprint density at radius 1 is 1.04 bits per heavy atom. The van der Waals surface area contributed by atoms with Crippen molar-refractivity contribution in [3.63, 3.8) is 0 Å². The summed E-state index contributed by atoms with van der Waals surface area (Å²) in [5, 5.41) is 39.9. The molecule has 2 aliphatic rings. The fraction of sp³-hybridized carbons (Fsp3) is 0.235. The second kappa shape index (κ2) is 4.71. The first-order valence-corrected chi connectivity index (χ1v) is 6.98. The number of carbonyl (C=O) groups is 1. The molecule has 23 heavy (non-hydrogen) atoms. The summed E-state index contributed by atoms with van der Waals surface area (Å²) < 4.78 is 5.59. The van der Waals surface area contributed by atoms with Crippen molar-refractivity contribution in [2.45, 2.75) is 25.0 Å². The van der Waals surface area contributed by atoms with Crippen molar-refractivity contribution in [1.82, 2.24) is 0 Å². The van der Waals surface area contributed by atoms with Crippen LogP contribution >= 0.6 is 0 Å². The van der Waals surface area contributed by atoms with Crippen LogP contribution in [0.5, 0.6) is 17.2 Å². The Balaban J connectivity index is 2.18. The number of hydrogen-bond donors (Lipinski definition) is 4. The zero-order valence-electron chi connectivity index (χ0n) is 12.6. The van der Waals surface area contributed by atoms with Gasteiger partial charge in [0.15, 0.2) is 11.4 Å². The van der Waals surface area contributed by atoms with Gasteiger partial charge in [0.25, 0.3) is 0 Å². The van der Waals surface area contributed by atoms with Crippen molar-refractivity contribution >= 4 is 5.78 Å². The third-order valence-corrected chi connectivity index (χ3v) is 3.85. The summed E-state index contributed by atoms with van der Waals surface area (Å²) in [6, 6.07) is 2.20. The van der Waals surface area contributed by atoms with E-state index in [2.05, 4.69) is 0 Å². The Kier molecular flexibility index (Phi) is 3.14. The number of hydrogen-bond acceptors (Lipinski definition) is 6. The first-order valence-electron chi connectivity index (χ1n) is 6.98. The normalized spacial score (nSPS) is 29.5. The van der Waals surface area contributed by atoms with Crippen LogP contribution in [0.3, 0.4) is 0 Å². The van der Waals surface area contributed by atoms with Crippen LogP contribution < -0.4 is 4.74 Å². The lowest BCUT2D eigenvalue weighted by Gasteiger charge is -2.33. The van der Waals surface area contributed by atoms with E-state index in [1.807, 2.05) is 0 Å². The minimum atomic E-state index is -1.99. The van der Waals surface area contributed by atoms with Crippen LogP contribution in [0.15, 0.2) is 47.8 Å². The summed E-state index contributed by atoms with van der Waals surface area (Å²) in [6.45, 7) is 2.85. The number of ether oxygens (including phenoxy) is 1. The van der Waals surface area contributed by atoms with Gasteiger partial charge in [0, 0.05) is 17.7 Å². The number of fused-ring (bicyclic) bond motifs is 1. The summed E-state index contributed by atoms with van der Waals surface area (Å²) in [7, 11) is 0. The van der Waals surface area contributed by atoms with Crippen molar-refractivity contribution in [3.05, 3.63) is 53.3 Å². The highest BCUT2D eigenvalue weighted by atomic mass is 16.5. The number of allylic oxidation sites excluding steroid dienone is 3. The van der Waals surface area contributed by atoms with Crippen LogP contribution in [-0.4, -0.2) is 37.4 Å². The second-order valence-corrected chi connectivity index (χ2v) is 6.02. The van der Waals surface area contributed by atoms with Crippen molar-refractivity contribution in [2.24, 2.45) is 0 Å². The third kappa shape index (κ3) is 2.42. The van der Waals surface area contributed by atoms with Gasteiger partial charge in [-0.05, 0) is 26.0 Å². The molecule has 0 saturated heterocycles. The van der Waals surface area contributed by atoms with E-state index in [-0.39, 0.29) is 22.8 Å². The summed E-state index contributed by atoms with van der Waals surface area (Å²) in [5.74, 6) is -1.55. The van der Waals surface area contributed by atoms with E-state index < -0.39 is 22.7 Å². The van der Waals surface area contributed by atoms with E-state index in [1.54, 1.807) is 6.92 Å². The molecule has 6 nitrogen and oxygen atoms in total. The molecule has 3 rings (SSSR count). The largest absolute Gasteiger partial charge is 0.508 e. The molecular weight excluding hydrogens is 300 g/mol. The lowest BCUT2D eigenvalue weighted by Crippen LogP contribution is -2.43. The molecule has 0 radical (unpaired) electrons. The maximum atomic E-state index is 12.5. The number of carbonyl (C=O) groups excluding carboxylic acids is 1. The van der Waals surface area contributed by atoms with Crippen LogP contribution in [0.25, 0.3) is 0 Å². The topological polar surface area (TPSA) is 107 Å². The van der Waals surface area contributed by atoms with Gasteiger partial charge in [-0.1, -0.05) is 12.2 Å². The smallest absolute Gasteiger partial charge is 0.209 e. The van der Waals surface area contributed by atoms with Gasteiger partial charge in [-0.2, -0.15) is 0 Å². The first kappa shape index (κ1) is 15.3. The number of benzene rings is 1. The molecule has 1 aromatic carbocycles. The van der Waals surface area contributed by atoms with Crippen LogP contribution in [0, 0.1) is 0 Å². The fourth-order valence-electron chi connectivity index (χ4n) is 2.57. The molecule has 6 heteroatoms. The molecule has 1 atom stereocenters. The standard InChI is InChI=1S/C17H16O6/c1-16(21)5-3-9(4-6-16)15-17(2,22)14(20)13-11(19)7-10(18)8-12(13)23-15/h3-8,18-19,21-22H,1-2H3. The zero-order valence-corrected chi connectivity index (χ0v) is 12.6. The molecule has 0 spiro atoms. The molecule has 0 fully saturated rings.